The summed E-state index contributed by atoms with van der Waals surface area (Å²) in [5.41, 5.74) is 2.34. The molecule has 0 aromatic heterocycles. The lowest BCUT2D eigenvalue weighted by atomic mass is 9.75. The molecule has 1 atom stereocenters. The molecule has 0 aromatic carbocycles. The lowest BCUT2D eigenvalue weighted by Crippen LogP contribution is -2.44. The van der Waals surface area contributed by atoms with E-state index in [1.165, 1.54) is 5.57 Å². The summed E-state index contributed by atoms with van der Waals surface area (Å²) in [7, 11) is 0. The molecule has 0 aliphatic carbocycles. The van der Waals surface area contributed by atoms with Crippen molar-refractivity contribution in [3.05, 3.63) is 72.9 Å². The minimum Gasteiger partial charge on any atom is -0.311 e. The van der Waals surface area contributed by atoms with Crippen LogP contribution in [-0.2, 0) is 14.4 Å². The number of piperidine rings is 1. The summed E-state index contributed by atoms with van der Waals surface area (Å²) in [5, 5.41) is 0.603. The Morgan fingerprint density at radius 3 is 2.19 bits per heavy atom. The van der Waals surface area contributed by atoms with E-state index >= 15 is 0 Å². The predicted molar refractivity (Wildman–Crippen MR) is 122 cm³/mol. The van der Waals surface area contributed by atoms with Crippen LogP contribution in [0, 0.1) is 11.8 Å². The van der Waals surface area contributed by atoms with Crippen molar-refractivity contribution in [2.24, 2.45) is 11.8 Å². The van der Waals surface area contributed by atoms with E-state index in [1.807, 2.05) is 32.1 Å². The summed E-state index contributed by atoms with van der Waals surface area (Å²) in [6, 6.07) is 0. The molecule has 2 saturated heterocycles. The number of hydroxylamine groups is 2. The van der Waals surface area contributed by atoms with Gasteiger partial charge in [-0.25, -0.2) is 4.79 Å². The number of allylic oxidation sites excluding steroid dienone is 10. The van der Waals surface area contributed by atoms with Gasteiger partial charge in [0.1, 0.15) is 0 Å². The maximum Gasteiger partial charge on any atom is 0.434 e. The Bertz CT molecular complexity index is 810. The number of nitrogens with zero attached hydrogens (tertiary/aromatic N) is 2. The van der Waals surface area contributed by atoms with Crippen molar-refractivity contribution in [2.45, 2.75) is 39.5 Å². The van der Waals surface area contributed by atoms with Crippen LogP contribution in [0.5, 0.6) is 0 Å². The lowest BCUT2D eigenvalue weighted by Gasteiger charge is -2.37. The number of likely N-dealkylation sites (tertiary alicyclic amines) is 1. The van der Waals surface area contributed by atoms with Gasteiger partial charge in [-0.2, -0.15) is 0 Å². The number of amides is 3. The monoisotopic (exact) mass is 424 g/mol. The summed E-state index contributed by atoms with van der Waals surface area (Å²) in [6.07, 6.45) is 16.9. The fraction of sp³-hybridized carbons (Fsp3) is 0.400. The Balaban J connectivity index is 2.14. The predicted octanol–water partition coefficient (Wildman–Crippen LogP) is 4.89. The average Bonchev–Trinajstić information content (AvgIpc) is 3.09. The minimum atomic E-state index is -0.647. The first-order valence-corrected chi connectivity index (χ1v) is 10.7. The topological polar surface area (TPSA) is 66.9 Å². The molecule has 2 fully saturated rings. The van der Waals surface area contributed by atoms with Crippen molar-refractivity contribution < 1.29 is 19.2 Å². The van der Waals surface area contributed by atoms with E-state index in [1.54, 1.807) is 17.1 Å². The summed E-state index contributed by atoms with van der Waals surface area (Å²) < 4.78 is 0. The van der Waals surface area contributed by atoms with E-state index in [9.17, 15) is 14.4 Å². The van der Waals surface area contributed by atoms with Crippen molar-refractivity contribution in [1.82, 2.24) is 9.96 Å². The Morgan fingerprint density at radius 2 is 1.68 bits per heavy atom. The van der Waals surface area contributed by atoms with Gasteiger partial charge in [0.05, 0.1) is 0 Å². The van der Waals surface area contributed by atoms with Gasteiger partial charge < -0.3 is 9.74 Å². The summed E-state index contributed by atoms with van der Waals surface area (Å²) >= 11 is 0. The highest BCUT2D eigenvalue weighted by atomic mass is 16.7. The average molecular weight is 425 g/mol. The van der Waals surface area contributed by atoms with E-state index in [4.69, 9.17) is 4.84 Å². The summed E-state index contributed by atoms with van der Waals surface area (Å²) in [5.74, 6) is -0.478. The molecule has 0 spiro atoms. The third-order valence-corrected chi connectivity index (χ3v) is 5.59. The SMILES string of the molecule is C=C/C=C\C(=C/C)C(C(/C=C\C)=C/C=C)C1CCN(C(=O)ON2C(=O)CCC2=O)CC1. The normalized spacial score (nSPS) is 20.1. The van der Waals surface area contributed by atoms with Gasteiger partial charge in [-0.15, -0.1) is 5.06 Å². The van der Waals surface area contributed by atoms with Gasteiger partial charge in [0.2, 0.25) is 0 Å². The number of carbonyl (C=O) groups excluding carboxylic acids is 3. The van der Waals surface area contributed by atoms with Crippen LogP contribution in [-0.4, -0.2) is 41.0 Å². The van der Waals surface area contributed by atoms with Crippen molar-refractivity contribution in [3.8, 4) is 0 Å². The first kappa shape index (κ1) is 24.1. The van der Waals surface area contributed by atoms with Gasteiger partial charge in [-0.1, -0.05) is 61.8 Å². The zero-order chi connectivity index (χ0) is 22.8. The van der Waals surface area contributed by atoms with Gasteiger partial charge in [0, 0.05) is 31.8 Å². The molecule has 0 N–H and O–H groups in total. The van der Waals surface area contributed by atoms with Crippen LogP contribution in [0.4, 0.5) is 4.79 Å². The van der Waals surface area contributed by atoms with E-state index < -0.39 is 17.9 Å². The largest absolute Gasteiger partial charge is 0.434 e. The Hall–Kier alpha value is -3.15. The number of hydrogen-bond donors (Lipinski definition) is 0. The summed E-state index contributed by atoms with van der Waals surface area (Å²) in [4.78, 5) is 42.5. The quantitative estimate of drug-likeness (QED) is 0.411. The molecule has 3 amide bonds. The Morgan fingerprint density at radius 1 is 1.03 bits per heavy atom. The van der Waals surface area contributed by atoms with Crippen molar-refractivity contribution in [1.29, 1.82) is 0 Å². The van der Waals surface area contributed by atoms with E-state index in [0.29, 0.717) is 24.1 Å². The zero-order valence-electron chi connectivity index (χ0n) is 18.5. The number of carbonyl (C=O) groups is 3. The van der Waals surface area contributed by atoms with Gasteiger partial charge in [-0.3, -0.25) is 9.59 Å². The van der Waals surface area contributed by atoms with Crippen LogP contribution < -0.4 is 0 Å². The van der Waals surface area contributed by atoms with Crippen molar-refractivity contribution >= 4 is 17.9 Å². The van der Waals surface area contributed by atoms with Gasteiger partial charge in [0.15, 0.2) is 0 Å². The van der Waals surface area contributed by atoms with Crippen molar-refractivity contribution in [3.63, 3.8) is 0 Å². The second kappa shape index (κ2) is 11.9. The molecule has 0 aromatic rings. The molecule has 0 bridgehead atoms. The highest BCUT2D eigenvalue weighted by Gasteiger charge is 2.36. The van der Waals surface area contributed by atoms with E-state index in [-0.39, 0.29) is 18.8 Å². The fourth-order valence-corrected chi connectivity index (χ4v) is 4.10. The van der Waals surface area contributed by atoms with Gasteiger partial charge in [0.25, 0.3) is 11.8 Å². The maximum absolute atomic E-state index is 12.5. The summed E-state index contributed by atoms with van der Waals surface area (Å²) in [6.45, 7) is 12.6. The molecule has 2 heterocycles. The number of imide groups is 1. The van der Waals surface area contributed by atoms with Crippen LogP contribution >= 0.6 is 0 Å². The maximum atomic E-state index is 12.5. The zero-order valence-corrected chi connectivity index (χ0v) is 18.5. The van der Waals surface area contributed by atoms with Crippen LogP contribution in [0.15, 0.2) is 72.9 Å². The van der Waals surface area contributed by atoms with Crippen molar-refractivity contribution in [2.75, 3.05) is 13.1 Å². The highest BCUT2D eigenvalue weighted by Crippen LogP contribution is 2.37. The molecule has 0 radical (unpaired) electrons. The molecule has 31 heavy (non-hydrogen) atoms. The Kier molecular flexibility index (Phi) is 9.25. The molecular formula is C25H32N2O4. The van der Waals surface area contributed by atoms with Crippen LogP contribution in [0.1, 0.15) is 39.5 Å². The second-order valence-electron chi connectivity index (χ2n) is 7.53. The van der Waals surface area contributed by atoms with Crippen LogP contribution in [0.25, 0.3) is 0 Å². The van der Waals surface area contributed by atoms with E-state index in [2.05, 4.69) is 31.4 Å². The highest BCUT2D eigenvalue weighted by molar-refractivity contribution is 6.01. The fourth-order valence-electron chi connectivity index (χ4n) is 4.10. The van der Waals surface area contributed by atoms with Gasteiger partial charge >= 0.3 is 6.09 Å². The van der Waals surface area contributed by atoms with Gasteiger partial charge in [-0.05, 0) is 43.8 Å². The number of rotatable bonds is 8. The standard InChI is InChI=1S/C25H32N2O4/c1-5-9-12-19(8-4)24(20(10-6-2)11-7-3)21-15-17-26(18-16-21)25(30)31-27-22(28)13-14-23(27)29/h5-12,21,24H,1-2,13-18H2,3-4H3/b11-7-,12-9-,19-8+,20-10+. The first-order chi connectivity index (χ1) is 15.0. The smallest absolute Gasteiger partial charge is 0.311 e. The molecule has 2 aliphatic rings. The van der Waals surface area contributed by atoms with E-state index in [0.717, 1.165) is 18.4 Å². The van der Waals surface area contributed by atoms with Crippen LogP contribution in [0.2, 0.25) is 0 Å². The molecule has 6 heteroatoms. The molecule has 0 saturated carbocycles. The second-order valence-corrected chi connectivity index (χ2v) is 7.53. The third-order valence-electron chi connectivity index (χ3n) is 5.59. The molecule has 166 valence electrons. The first-order valence-electron chi connectivity index (χ1n) is 10.7. The van der Waals surface area contributed by atoms with Crippen LogP contribution in [0.3, 0.4) is 0 Å². The molecule has 2 aliphatic heterocycles. The molecule has 2 rings (SSSR count). The Labute approximate surface area is 184 Å². The number of hydrogen-bond acceptors (Lipinski definition) is 4. The molecule has 1 unspecified atom stereocenters. The third kappa shape index (κ3) is 6.17. The lowest BCUT2D eigenvalue weighted by molar-refractivity contribution is -0.174. The molecular weight excluding hydrogens is 392 g/mol. The minimum absolute atomic E-state index is 0.0869. The molecule has 6 nitrogen and oxygen atoms in total.